The van der Waals surface area contributed by atoms with Crippen molar-refractivity contribution in [1.29, 1.82) is 0 Å². The fourth-order valence-corrected chi connectivity index (χ4v) is 2.43. The SMILES string of the molecule is CC(N)(Cc1ccc(F)cc1)c1cccc(Br)c1F. The second-order valence-corrected chi connectivity index (χ2v) is 5.68. The van der Waals surface area contributed by atoms with Crippen molar-refractivity contribution in [3.05, 3.63) is 69.7 Å². The Balaban J connectivity index is 2.31. The van der Waals surface area contributed by atoms with Crippen molar-refractivity contribution < 1.29 is 8.78 Å². The summed E-state index contributed by atoms with van der Waals surface area (Å²) < 4.78 is 27.3. The van der Waals surface area contributed by atoms with E-state index in [1.165, 1.54) is 12.1 Å². The predicted molar refractivity (Wildman–Crippen MR) is 75.7 cm³/mol. The fraction of sp³-hybridized carbons (Fsp3) is 0.200. The van der Waals surface area contributed by atoms with E-state index in [0.29, 0.717) is 16.5 Å². The van der Waals surface area contributed by atoms with Gasteiger partial charge in [-0.05, 0) is 53.0 Å². The second-order valence-electron chi connectivity index (χ2n) is 4.82. The minimum atomic E-state index is -0.855. The lowest BCUT2D eigenvalue weighted by Gasteiger charge is -2.26. The molecule has 2 N–H and O–H groups in total. The van der Waals surface area contributed by atoms with Crippen LogP contribution in [0.3, 0.4) is 0 Å². The molecule has 2 rings (SSSR count). The summed E-state index contributed by atoms with van der Waals surface area (Å²) in [6.07, 6.45) is 0.431. The van der Waals surface area contributed by atoms with Crippen LogP contribution in [0.25, 0.3) is 0 Å². The normalized spacial score (nSPS) is 14.2. The summed E-state index contributed by atoms with van der Waals surface area (Å²) in [4.78, 5) is 0. The van der Waals surface area contributed by atoms with E-state index in [9.17, 15) is 8.78 Å². The van der Waals surface area contributed by atoms with Gasteiger partial charge in [-0.15, -0.1) is 0 Å². The highest BCUT2D eigenvalue weighted by Crippen LogP contribution is 2.29. The summed E-state index contributed by atoms with van der Waals surface area (Å²) in [6, 6.07) is 11.1. The molecule has 0 aliphatic carbocycles. The van der Waals surface area contributed by atoms with Crippen LogP contribution >= 0.6 is 15.9 Å². The van der Waals surface area contributed by atoms with Gasteiger partial charge < -0.3 is 5.73 Å². The van der Waals surface area contributed by atoms with Crippen molar-refractivity contribution in [3.63, 3.8) is 0 Å². The van der Waals surface area contributed by atoms with Gasteiger partial charge in [0.2, 0.25) is 0 Å². The van der Waals surface area contributed by atoms with E-state index in [1.807, 2.05) is 0 Å². The van der Waals surface area contributed by atoms with Crippen LogP contribution in [0.5, 0.6) is 0 Å². The molecular weight excluding hydrogens is 312 g/mol. The Morgan fingerprint density at radius 1 is 1.11 bits per heavy atom. The Morgan fingerprint density at radius 3 is 2.37 bits per heavy atom. The molecule has 0 aliphatic heterocycles. The smallest absolute Gasteiger partial charge is 0.142 e. The molecule has 1 atom stereocenters. The Kier molecular flexibility index (Phi) is 4.02. The molecule has 100 valence electrons. The molecule has 4 heteroatoms. The summed E-state index contributed by atoms with van der Waals surface area (Å²) in [5.41, 5.74) is 6.67. The number of halogens is 3. The topological polar surface area (TPSA) is 26.0 Å². The van der Waals surface area contributed by atoms with Crippen LogP contribution in [0.2, 0.25) is 0 Å². The molecule has 0 aliphatic rings. The average Bonchev–Trinajstić information content (AvgIpc) is 2.35. The Bertz CT molecular complexity index is 579. The first-order chi connectivity index (χ1) is 8.90. The third-order valence-corrected chi connectivity index (χ3v) is 3.66. The molecule has 2 aromatic carbocycles. The number of rotatable bonds is 3. The lowest BCUT2D eigenvalue weighted by Crippen LogP contribution is -2.36. The van der Waals surface area contributed by atoms with E-state index in [4.69, 9.17) is 5.73 Å². The van der Waals surface area contributed by atoms with Crippen LogP contribution in [-0.2, 0) is 12.0 Å². The number of hydrogen-bond acceptors (Lipinski definition) is 1. The fourth-order valence-electron chi connectivity index (χ4n) is 2.07. The molecule has 0 heterocycles. The summed E-state index contributed by atoms with van der Waals surface area (Å²) in [5, 5.41) is 0. The van der Waals surface area contributed by atoms with Crippen LogP contribution in [0.15, 0.2) is 46.9 Å². The lowest BCUT2D eigenvalue weighted by atomic mass is 9.86. The van der Waals surface area contributed by atoms with E-state index in [2.05, 4.69) is 15.9 Å². The molecule has 0 saturated heterocycles. The van der Waals surface area contributed by atoms with Gasteiger partial charge in [0.15, 0.2) is 0 Å². The molecule has 0 aromatic heterocycles. The Morgan fingerprint density at radius 2 is 1.74 bits per heavy atom. The van der Waals surface area contributed by atoms with E-state index in [1.54, 1.807) is 37.3 Å². The molecule has 2 aromatic rings. The van der Waals surface area contributed by atoms with Crippen molar-refractivity contribution in [1.82, 2.24) is 0 Å². The maximum absolute atomic E-state index is 14.1. The van der Waals surface area contributed by atoms with Gasteiger partial charge in [0.05, 0.1) is 4.47 Å². The standard InChI is InChI=1S/C15H14BrF2N/c1-15(19,9-10-5-7-11(17)8-6-10)12-3-2-4-13(16)14(12)18/h2-8H,9,19H2,1H3. The van der Waals surface area contributed by atoms with Gasteiger partial charge in [0.25, 0.3) is 0 Å². The van der Waals surface area contributed by atoms with E-state index in [-0.39, 0.29) is 11.6 Å². The number of hydrogen-bond donors (Lipinski definition) is 1. The largest absolute Gasteiger partial charge is 0.321 e. The molecule has 0 fully saturated rings. The van der Waals surface area contributed by atoms with Gasteiger partial charge in [-0.1, -0.05) is 24.3 Å². The monoisotopic (exact) mass is 325 g/mol. The van der Waals surface area contributed by atoms with Gasteiger partial charge in [-0.25, -0.2) is 8.78 Å². The summed E-state index contributed by atoms with van der Waals surface area (Å²) >= 11 is 3.15. The minimum absolute atomic E-state index is 0.295. The maximum atomic E-state index is 14.1. The second kappa shape index (κ2) is 5.39. The van der Waals surface area contributed by atoms with E-state index < -0.39 is 5.54 Å². The molecule has 0 amide bonds. The maximum Gasteiger partial charge on any atom is 0.142 e. The summed E-state index contributed by atoms with van der Waals surface area (Å²) in [7, 11) is 0. The van der Waals surface area contributed by atoms with Gasteiger partial charge in [-0.2, -0.15) is 0 Å². The van der Waals surface area contributed by atoms with Crippen molar-refractivity contribution in [3.8, 4) is 0 Å². The Hall–Kier alpha value is -1.26. The zero-order valence-electron chi connectivity index (χ0n) is 10.5. The van der Waals surface area contributed by atoms with Crippen LogP contribution in [0.1, 0.15) is 18.1 Å². The van der Waals surface area contributed by atoms with E-state index >= 15 is 0 Å². The van der Waals surface area contributed by atoms with Crippen molar-refractivity contribution in [2.45, 2.75) is 18.9 Å². The zero-order valence-corrected chi connectivity index (χ0v) is 12.0. The molecule has 1 unspecified atom stereocenters. The molecule has 0 radical (unpaired) electrons. The first kappa shape index (κ1) is 14.2. The van der Waals surface area contributed by atoms with Crippen LogP contribution < -0.4 is 5.73 Å². The highest BCUT2D eigenvalue weighted by atomic mass is 79.9. The van der Waals surface area contributed by atoms with Crippen molar-refractivity contribution in [2.75, 3.05) is 0 Å². The lowest BCUT2D eigenvalue weighted by molar-refractivity contribution is 0.455. The van der Waals surface area contributed by atoms with Crippen molar-refractivity contribution in [2.24, 2.45) is 5.73 Å². The first-order valence-electron chi connectivity index (χ1n) is 5.88. The highest BCUT2D eigenvalue weighted by molar-refractivity contribution is 9.10. The molecular formula is C15H14BrF2N. The first-order valence-corrected chi connectivity index (χ1v) is 6.67. The average molecular weight is 326 g/mol. The molecule has 0 saturated carbocycles. The predicted octanol–water partition coefficient (Wildman–Crippen LogP) is 4.14. The van der Waals surface area contributed by atoms with Gasteiger partial charge >= 0.3 is 0 Å². The quantitative estimate of drug-likeness (QED) is 0.901. The third kappa shape index (κ3) is 3.19. The van der Waals surface area contributed by atoms with Crippen LogP contribution in [0.4, 0.5) is 8.78 Å². The molecule has 0 spiro atoms. The zero-order chi connectivity index (χ0) is 14.0. The summed E-state index contributed by atoms with van der Waals surface area (Å²) in [6.45, 7) is 1.77. The Labute approximate surface area is 119 Å². The van der Waals surface area contributed by atoms with Gasteiger partial charge in [-0.3, -0.25) is 0 Å². The van der Waals surface area contributed by atoms with Crippen LogP contribution in [0, 0.1) is 11.6 Å². The van der Waals surface area contributed by atoms with Gasteiger partial charge in [0.1, 0.15) is 11.6 Å². The third-order valence-electron chi connectivity index (χ3n) is 3.05. The number of nitrogens with two attached hydrogens (primary N) is 1. The van der Waals surface area contributed by atoms with Crippen LogP contribution in [-0.4, -0.2) is 0 Å². The summed E-state index contributed by atoms with van der Waals surface area (Å²) in [5.74, 6) is -0.647. The van der Waals surface area contributed by atoms with Crippen molar-refractivity contribution >= 4 is 15.9 Å². The molecule has 1 nitrogen and oxygen atoms in total. The molecule has 0 bridgehead atoms. The minimum Gasteiger partial charge on any atom is -0.321 e. The van der Waals surface area contributed by atoms with E-state index in [0.717, 1.165) is 5.56 Å². The highest BCUT2D eigenvalue weighted by Gasteiger charge is 2.26. The van der Waals surface area contributed by atoms with Gasteiger partial charge in [0, 0.05) is 11.1 Å². The molecule has 19 heavy (non-hydrogen) atoms. The number of benzene rings is 2.